The van der Waals surface area contributed by atoms with Crippen LogP contribution in [0.1, 0.15) is 29.3 Å². The molecule has 134 valence electrons. The lowest BCUT2D eigenvalue weighted by molar-refractivity contribution is 0.214. The molecular weight excluding hydrogens is 337 g/mol. The summed E-state index contributed by atoms with van der Waals surface area (Å²) in [7, 11) is 0. The first kappa shape index (κ1) is 16.9. The molecule has 26 heavy (non-hydrogen) atoms. The molecule has 0 aliphatic carbocycles. The van der Waals surface area contributed by atoms with Gasteiger partial charge in [-0.25, -0.2) is 13.2 Å². The van der Waals surface area contributed by atoms with Crippen molar-refractivity contribution in [1.82, 2.24) is 9.47 Å². The van der Waals surface area contributed by atoms with Crippen LogP contribution in [0.15, 0.2) is 60.8 Å². The molecule has 0 saturated carbocycles. The van der Waals surface area contributed by atoms with Gasteiger partial charge in [-0.05, 0) is 48.4 Å². The van der Waals surface area contributed by atoms with Gasteiger partial charge in [-0.3, -0.25) is 4.90 Å². The number of fused-ring (bicyclic) bond motifs is 1. The van der Waals surface area contributed by atoms with Crippen LogP contribution in [0.3, 0.4) is 0 Å². The molecule has 0 saturated heterocycles. The highest BCUT2D eigenvalue weighted by molar-refractivity contribution is 5.31. The molecular formula is C21H19F3N2. The molecule has 2 heterocycles. The van der Waals surface area contributed by atoms with Crippen LogP contribution in [-0.4, -0.2) is 16.0 Å². The van der Waals surface area contributed by atoms with E-state index in [-0.39, 0.29) is 24.0 Å². The van der Waals surface area contributed by atoms with Crippen molar-refractivity contribution in [3.8, 4) is 0 Å². The Kier molecular flexibility index (Phi) is 4.55. The van der Waals surface area contributed by atoms with Crippen molar-refractivity contribution in [2.45, 2.75) is 25.6 Å². The van der Waals surface area contributed by atoms with Gasteiger partial charge in [-0.1, -0.05) is 18.2 Å². The third-order valence-corrected chi connectivity index (χ3v) is 4.96. The second-order valence-corrected chi connectivity index (χ2v) is 6.60. The van der Waals surface area contributed by atoms with Crippen LogP contribution in [0.5, 0.6) is 0 Å². The van der Waals surface area contributed by atoms with E-state index >= 15 is 0 Å². The predicted octanol–water partition coefficient (Wildman–Crippen LogP) is 4.90. The zero-order valence-corrected chi connectivity index (χ0v) is 14.2. The summed E-state index contributed by atoms with van der Waals surface area (Å²) in [4.78, 5) is 2.06. The fraction of sp³-hybridized carbons (Fsp3) is 0.238. The lowest BCUT2D eigenvalue weighted by atomic mass is 10.0. The molecule has 5 heteroatoms. The molecule has 0 radical (unpaired) electrons. The van der Waals surface area contributed by atoms with Crippen molar-refractivity contribution in [3.63, 3.8) is 0 Å². The third-order valence-electron chi connectivity index (χ3n) is 4.96. The second-order valence-electron chi connectivity index (χ2n) is 6.60. The van der Waals surface area contributed by atoms with E-state index in [1.54, 1.807) is 12.1 Å². The molecule has 0 unspecified atom stereocenters. The van der Waals surface area contributed by atoms with E-state index in [1.807, 2.05) is 18.3 Å². The molecule has 2 nitrogen and oxygen atoms in total. The number of aryl methyl sites for hydroxylation is 1. The van der Waals surface area contributed by atoms with E-state index < -0.39 is 11.6 Å². The van der Waals surface area contributed by atoms with Crippen LogP contribution < -0.4 is 0 Å². The van der Waals surface area contributed by atoms with Crippen molar-refractivity contribution in [2.24, 2.45) is 0 Å². The zero-order valence-electron chi connectivity index (χ0n) is 14.2. The summed E-state index contributed by atoms with van der Waals surface area (Å²) < 4.78 is 44.0. The van der Waals surface area contributed by atoms with E-state index in [0.717, 1.165) is 24.2 Å². The van der Waals surface area contributed by atoms with E-state index in [1.165, 1.54) is 30.3 Å². The van der Waals surface area contributed by atoms with Crippen LogP contribution in [0.2, 0.25) is 0 Å². The van der Waals surface area contributed by atoms with E-state index in [4.69, 9.17) is 0 Å². The van der Waals surface area contributed by atoms with Gasteiger partial charge in [0.05, 0.1) is 6.04 Å². The highest BCUT2D eigenvalue weighted by Gasteiger charge is 2.28. The van der Waals surface area contributed by atoms with Crippen molar-refractivity contribution in [2.75, 3.05) is 6.54 Å². The van der Waals surface area contributed by atoms with Gasteiger partial charge in [0.1, 0.15) is 17.5 Å². The number of rotatable bonds is 3. The van der Waals surface area contributed by atoms with Gasteiger partial charge < -0.3 is 4.57 Å². The summed E-state index contributed by atoms with van der Waals surface area (Å²) in [5, 5.41) is 0. The molecule has 0 N–H and O–H groups in total. The predicted molar refractivity (Wildman–Crippen MR) is 94.1 cm³/mol. The smallest absolute Gasteiger partial charge is 0.130 e. The van der Waals surface area contributed by atoms with Crippen LogP contribution in [0.25, 0.3) is 0 Å². The summed E-state index contributed by atoms with van der Waals surface area (Å²) in [5.41, 5.74) is 2.02. The molecule has 0 fully saturated rings. The average molecular weight is 356 g/mol. The van der Waals surface area contributed by atoms with E-state index in [0.29, 0.717) is 6.54 Å². The summed E-state index contributed by atoms with van der Waals surface area (Å²) in [6, 6.07) is 14.1. The molecule has 3 aromatic rings. The Balaban J connectivity index is 1.77. The molecule has 1 atom stereocenters. The minimum atomic E-state index is -0.539. The fourth-order valence-electron chi connectivity index (χ4n) is 3.72. The SMILES string of the molecule is Fc1ccc([C@H]2c3cccn3CCCN2Cc2c(F)cccc2F)cc1. The topological polar surface area (TPSA) is 8.17 Å². The first-order valence-electron chi connectivity index (χ1n) is 8.71. The van der Waals surface area contributed by atoms with Gasteiger partial charge in [-0.15, -0.1) is 0 Å². The van der Waals surface area contributed by atoms with Gasteiger partial charge in [-0.2, -0.15) is 0 Å². The first-order chi connectivity index (χ1) is 12.6. The van der Waals surface area contributed by atoms with Crippen molar-refractivity contribution >= 4 is 0 Å². The highest BCUT2D eigenvalue weighted by atomic mass is 19.1. The number of hydrogen-bond acceptors (Lipinski definition) is 1. The average Bonchev–Trinajstić information content (AvgIpc) is 3.01. The number of benzene rings is 2. The van der Waals surface area contributed by atoms with Gasteiger partial charge in [0.2, 0.25) is 0 Å². The molecule has 0 bridgehead atoms. The Morgan fingerprint density at radius 1 is 0.846 bits per heavy atom. The zero-order chi connectivity index (χ0) is 18.1. The lowest BCUT2D eigenvalue weighted by Gasteiger charge is -2.31. The Morgan fingerprint density at radius 3 is 2.31 bits per heavy atom. The van der Waals surface area contributed by atoms with Crippen LogP contribution in [0.4, 0.5) is 13.2 Å². The highest BCUT2D eigenvalue weighted by Crippen LogP contribution is 2.33. The quantitative estimate of drug-likeness (QED) is 0.648. The molecule has 1 aliphatic heterocycles. The largest absolute Gasteiger partial charge is 0.350 e. The molecule has 0 spiro atoms. The van der Waals surface area contributed by atoms with Gasteiger partial charge in [0.25, 0.3) is 0 Å². The molecule has 0 amide bonds. The minimum Gasteiger partial charge on any atom is -0.350 e. The Bertz CT molecular complexity index is 882. The maximum Gasteiger partial charge on any atom is 0.130 e. The van der Waals surface area contributed by atoms with Crippen LogP contribution in [-0.2, 0) is 13.1 Å². The van der Waals surface area contributed by atoms with Crippen molar-refractivity contribution in [3.05, 3.63) is 95.1 Å². The number of aromatic nitrogens is 1. The minimum absolute atomic E-state index is 0.0691. The molecule has 1 aromatic heterocycles. The summed E-state index contributed by atoms with van der Waals surface area (Å²) in [6.07, 6.45) is 2.88. The normalized spacial score (nSPS) is 17.7. The van der Waals surface area contributed by atoms with E-state index in [2.05, 4.69) is 9.47 Å². The Hall–Kier alpha value is -2.53. The van der Waals surface area contributed by atoms with Crippen LogP contribution >= 0.6 is 0 Å². The van der Waals surface area contributed by atoms with Gasteiger partial charge >= 0.3 is 0 Å². The lowest BCUT2D eigenvalue weighted by Crippen LogP contribution is -2.30. The summed E-state index contributed by atoms with van der Waals surface area (Å²) in [5.74, 6) is -1.38. The van der Waals surface area contributed by atoms with Gasteiger partial charge in [0.15, 0.2) is 0 Å². The number of hydrogen-bond donors (Lipinski definition) is 0. The number of halogens is 3. The van der Waals surface area contributed by atoms with Crippen molar-refractivity contribution < 1.29 is 13.2 Å². The monoisotopic (exact) mass is 356 g/mol. The molecule has 1 aliphatic rings. The maximum atomic E-state index is 14.2. The maximum absolute atomic E-state index is 14.2. The Labute approximate surface area is 150 Å². The molecule has 4 rings (SSSR count). The number of nitrogens with zero attached hydrogens (tertiary/aromatic N) is 2. The molecule has 2 aromatic carbocycles. The first-order valence-corrected chi connectivity index (χ1v) is 8.71. The van der Waals surface area contributed by atoms with E-state index in [9.17, 15) is 13.2 Å². The third kappa shape index (κ3) is 3.15. The standard InChI is InChI=1S/C21H19F3N2/c22-16-9-7-15(8-10-16)21-20-6-2-11-25(20)12-3-13-26(21)14-17-18(23)4-1-5-19(17)24/h1-2,4-11,21H,3,12-14H2/t21-/m0/s1. The summed E-state index contributed by atoms with van der Waals surface area (Å²) in [6.45, 7) is 1.69. The second kappa shape index (κ2) is 7.00. The fourth-order valence-corrected chi connectivity index (χ4v) is 3.72. The van der Waals surface area contributed by atoms with Crippen LogP contribution in [0, 0.1) is 17.5 Å². The van der Waals surface area contributed by atoms with Crippen molar-refractivity contribution in [1.29, 1.82) is 0 Å². The Morgan fingerprint density at radius 2 is 1.58 bits per heavy atom. The van der Waals surface area contributed by atoms with Gasteiger partial charge in [0, 0.05) is 37.1 Å². The summed E-state index contributed by atoms with van der Waals surface area (Å²) >= 11 is 0.